The van der Waals surface area contributed by atoms with Crippen molar-refractivity contribution in [3.63, 3.8) is 0 Å². The SMILES string of the molecule is CC1=C(c2nc(-c3cccc(F)c3)no2)C(c2ccccc2)NC(=S)N1CCCc1ccccc1. The maximum absolute atomic E-state index is 13.8. The molecule has 35 heavy (non-hydrogen) atoms. The van der Waals surface area contributed by atoms with Crippen LogP contribution in [0.1, 0.15) is 36.4 Å². The standard InChI is InChI=1S/C28H25FN4OS/c1-19-24(27-31-26(32-34-27)22-15-8-16-23(29)18-22)25(21-13-6-3-7-14-21)30-28(35)33(19)17-9-12-20-10-4-2-5-11-20/h2-8,10-11,13-16,18,25H,9,12,17H2,1H3,(H,30,35). The van der Waals surface area contributed by atoms with Gasteiger partial charge in [0.15, 0.2) is 5.11 Å². The van der Waals surface area contributed by atoms with Crippen LogP contribution in [0.25, 0.3) is 17.0 Å². The number of hydrogen-bond acceptors (Lipinski definition) is 4. The number of aryl methyl sites for hydroxylation is 1. The van der Waals surface area contributed by atoms with Crippen LogP contribution in [0.5, 0.6) is 0 Å². The predicted molar refractivity (Wildman–Crippen MR) is 139 cm³/mol. The van der Waals surface area contributed by atoms with E-state index in [0.29, 0.717) is 22.4 Å². The minimum atomic E-state index is -0.347. The lowest BCUT2D eigenvalue weighted by Gasteiger charge is -2.37. The highest BCUT2D eigenvalue weighted by Crippen LogP contribution is 2.37. The fourth-order valence-electron chi connectivity index (χ4n) is 4.39. The van der Waals surface area contributed by atoms with Crippen molar-refractivity contribution in [2.75, 3.05) is 6.54 Å². The number of hydrogen-bond donors (Lipinski definition) is 1. The molecule has 7 heteroatoms. The first kappa shape index (κ1) is 22.9. The third-order valence-corrected chi connectivity index (χ3v) is 6.50. The fraction of sp³-hybridized carbons (Fsp3) is 0.179. The summed E-state index contributed by atoms with van der Waals surface area (Å²) in [7, 11) is 0. The fourth-order valence-corrected chi connectivity index (χ4v) is 4.73. The first-order valence-electron chi connectivity index (χ1n) is 11.6. The van der Waals surface area contributed by atoms with E-state index in [2.05, 4.69) is 44.6 Å². The number of rotatable bonds is 7. The summed E-state index contributed by atoms with van der Waals surface area (Å²) in [5.74, 6) is 0.384. The molecule has 0 aliphatic carbocycles. The monoisotopic (exact) mass is 484 g/mol. The van der Waals surface area contributed by atoms with Crippen LogP contribution >= 0.6 is 12.2 Å². The molecule has 5 nitrogen and oxygen atoms in total. The Kier molecular flexibility index (Phi) is 6.68. The summed E-state index contributed by atoms with van der Waals surface area (Å²) in [5.41, 5.74) is 4.72. The van der Waals surface area contributed by atoms with Crippen molar-refractivity contribution in [1.29, 1.82) is 0 Å². The molecule has 1 aliphatic heterocycles. The number of nitrogens with zero attached hydrogens (tertiary/aromatic N) is 3. The molecule has 0 fully saturated rings. The first-order chi connectivity index (χ1) is 17.1. The van der Waals surface area contributed by atoms with Gasteiger partial charge in [0.2, 0.25) is 5.82 Å². The summed E-state index contributed by atoms with van der Waals surface area (Å²) in [6.45, 7) is 2.79. The summed E-state index contributed by atoms with van der Waals surface area (Å²) in [6.07, 6.45) is 1.89. The van der Waals surface area contributed by atoms with Gasteiger partial charge in [0, 0.05) is 17.8 Å². The van der Waals surface area contributed by atoms with Gasteiger partial charge < -0.3 is 14.7 Å². The molecule has 1 atom stereocenters. The molecule has 0 bridgehead atoms. The summed E-state index contributed by atoms with van der Waals surface area (Å²) in [4.78, 5) is 6.74. The van der Waals surface area contributed by atoms with E-state index in [1.165, 1.54) is 17.7 Å². The van der Waals surface area contributed by atoms with Crippen molar-refractivity contribution < 1.29 is 8.91 Å². The topological polar surface area (TPSA) is 54.2 Å². The Bertz CT molecular complexity index is 1350. The maximum atomic E-state index is 13.8. The number of benzene rings is 3. The van der Waals surface area contributed by atoms with E-state index < -0.39 is 0 Å². The van der Waals surface area contributed by atoms with Crippen LogP contribution in [0.4, 0.5) is 4.39 Å². The molecule has 0 spiro atoms. The van der Waals surface area contributed by atoms with E-state index >= 15 is 0 Å². The molecule has 0 saturated heterocycles. The molecule has 1 aromatic heterocycles. The number of thiocarbonyl (C=S) groups is 1. The van der Waals surface area contributed by atoms with E-state index in [9.17, 15) is 4.39 Å². The third kappa shape index (κ3) is 5.00. The lowest BCUT2D eigenvalue weighted by molar-refractivity contribution is 0.396. The van der Waals surface area contributed by atoms with Crippen LogP contribution in [-0.4, -0.2) is 26.7 Å². The van der Waals surface area contributed by atoms with E-state index in [0.717, 1.165) is 36.2 Å². The van der Waals surface area contributed by atoms with Crippen LogP contribution in [0.15, 0.2) is 95.1 Å². The van der Waals surface area contributed by atoms with E-state index in [1.807, 2.05) is 43.3 Å². The van der Waals surface area contributed by atoms with Crippen molar-refractivity contribution in [3.8, 4) is 11.4 Å². The van der Waals surface area contributed by atoms with Gasteiger partial charge in [0.25, 0.3) is 5.89 Å². The second-order valence-electron chi connectivity index (χ2n) is 8.47. The predicted octanol–water partition coefficient (Wildman–Crippen LogP) is 6.17. The highest BCUT2D eigenvalue weighted by molar-refractivity contribution is 7.80. The molecule has 1 unspecified atom stereocenters. The van der Waals surface area contributed by atoms with Crippen LogP contribution in [0.3, 0.4) is 0 Å². The normalized spacial score (nSPS) is 15.9. The molecular weight excluding hydrogens is 459 g/mol. The van der Waals surface area contributed by atoms with Crippen molar-refractivity contribution in [1.82, 2.24) is 20.4 Å². The smallest absolute Gasteiger partial charge is 0.258 e. The Balaban J connectivity index is 1.49. The minimum Gasteiger partial charge on any atom is -0.351 e. The van der Waals surface area contributed by atoms with Gasteiger partial charge in [-0.1, -0.05) is 78.0 Å². The molecule has 5 rings (SSSR count). The lowest BCUT2D eigenvalue weighted by Crippen LogP contribution is -2.46. The molecule has 0 saturated carbocycles. The molecule has 1 N–H and O–H groups in total. The summed E-state index contributed by atoms with van der Waals surface area (Å²) in [5, 5.41) is 8.29. The summed E-state index contributed by atoms with van der Waals surface area (Å²) < 4.78 is 19.5. The summed E-state index contributed by atoms with van der Waals surface area (Å²) in [6, 6.07) is 26.4. The Labute approximate surface area is 209 Å². The molecular formula is C28H25FN4OS. The van der Waals surface area contributed by atoms with Crippen LogP contribution < -0.4 is 5.32 Å². The van der Waals surface area contributed by atoms with Crippen molar-refractivity contribution in [3.05, 3.63) is 113 Å². The number of allylic oxidation sites excluding steroid dienone is 1. The highest BCUT2D eigenvalue weighted by atomic mass is 32.1. The zero-order valence-electron chi connectivity index (χ0n) is 19.3. The zero-order chi connectivity index (χ0) is 24.2. The van der Waals surface area contributed by atoms with Gasteiger partial charge in [-0.25, -0.2) is 4.39 Å². The van der Waals surface area contributed by atoms with Crippen LogP contribution in [0.2, 0.25) is 0 Å². The highest BCUT2D eigenvalue weighted by Gasteiger charge is 2.33. The average Bonchev–Trinajstić information content (AvgIpc) is 3.37. The first-order valence-corrected chi connectivity index (χ1v) is 12.0. The van der Waals surface area contributed by atoms with Gasteiger partial charge in [-0.3, -0.25) is 0 Å². The van der Waals surface area contributed by atoms with Gasteiger partial charge in [-0.15, -0.1) is 0 Å². The van der Waals surface area contributed by atoms with Crippen LogP contribution in [0, 0.1) is 5.82 Å². The number of halogens is 1. The Morgan fingerprint density at radius 1 is 1.00 bits per heavy atom. The van der Waals surface area contributed by atoms with Gasteiger partial charge >= 0.3 is 0 Å². The number of nitrogens with one attached hydrogen (secondary N) is 1. The quantitative estimate of drug-likeness (QED) is 0.317. The lowest BCUT2D eigenvalue weighted by atomic mass is 9.94. The molecule has 4 aromatic rings. The summed E-state index contributed by atoms with van der Waals surface area (Å²) >= 11 is 5.78. The Hall–Kier alpha value is -3.84. The molecule has 0 radical (unpaired) electrons. The van der Waals surface area contributed by atoms with Crippen molar-refractivity contribution in [2.45, 2.75) is 25.8 Å². The second-order valence-corrected chi connectivity index (χ2v) is 8.85. The van der Waals surface area contributed by atoms with E-state index in [-0.39, 0.29) is 11.9 Å². The molecule has 176 valence electrons. The maximum Gasteiger partial charge on any atom is 0.258 e. The van der Waals surface area contributed by atoms with E-state index in [1.54, 1.807) is 12.1 Å². The van der Waals surface area contributed by atoms with Gasteiger partial charge in [0.05, 0.1) is 11.6 Å². The van der Waals surface area contributed by atoms with Crippen LogP contribution in [-0.2, 0) is 6.42 Å². The molecule has 3 aromatic carbocycles. The second kappa shape index (κ2) is 10.2. The van der Waals surface area contributed by atoms with Gasteiger partial charge in [-0.05, 0) is 55.2 Å². The van der Waals surface area contributed by atoms with Crippen molar-refractivity contribution in [2.24, 2.45) is 0 Å². The van der Waals surface area contributed by atoms with E-state index in [4.69, 9.17) is 16.7 Å². The molecule has 0 amide bonds. The molecule has 1 aliphatic rings. The Morgan fingerprint density at radius 2 is 1.74 bits per heavy atom. The Morgan fingerprint density at radius 3 is 2.49 bits per heavy atom. The average molecular weight is 485 g/mol. The van der Waals surface area contributed by atoms with Crippen molar-refractivity contribution >= 4 is 22.9 Å². The third-order valence-electron chi connectivity index (χ3n) is 6.16. The zero-order valence-corrected chi connectivity index (χ0v) is 20.1. The van der Waals surface area contributed by atoms with Gasteiger partial charge in [-0.2, -0.15) is 4.98 Å². The minimum absolute atomic E-state index is 0.241. The largest absolute Gasteiger partial charge is 0.351 e. The number of aromatic nitrogens is 2. The van der Waals surface area contributed by atoms with Gasteiger partial charge in [0.1, 0.15) is 5.82 Å². The molecule has 2 heterocycles.